The molecular weight excluding hydrogens is 283 g/mol. The molecule has 1 N–H and O–H groups in total. The molecule has 1 aromatic rings. The van der Waals surface area contributed by atoms with E-state index in [2.05, 4.69) is 26.1 Å². The van der Waals surface area contributed by atoms with Crippen LogP contribution < -0.4 is 5.32 Å². The number of likely N-dealkylation sites (tertiary alicyclic amines) is 1. The highest BCUT2D eigenvalue weighted by atomic mass is 79.9. The van der Waals surface area contributed by atoms with Gasteiger partial charge in [-0.15, -0.1) is 0 Å². The smallest absolute Gasteiger partial charge is 0.124 e. The summed E-state index contributed by atoms with van der Waals surface area (Å²) in [4.78, 5) is 2.48. The lowest BCUT2D eigenvalue weighted by Gasteiger charge is -2.17. The minimum absolute atomic E-state index is 0.178. The van der Waals surface area contributed by atoms with Gasteiger partial charge in [0.1, 0.15) is 5.82 Å². The first-order valence-corrected chi connectivity index (χ1v) is 6.88. The van der Waals surface area contributed by atoms with Crippen LogP contribution >= 0.6 is 15.9 Å². The molecule has 2 aliphatic heterocycles. The van der Waals surface area contributed by atoms with E-state index in [1.165, 1.54) is 18.7 Å². The molecule has 0 radical (unpaired) electrons. The Bertz CT molecular complexity index is 412. The molecule has 17 heavy (non-hydrogen) atoms. The molecule has 2 fully saturated rings. The number of nitrogens with zero attached hydrogens (tertiary/aromatic N) is 1. The van der Waals surface area contributed by atoms with Gasteiger partial charge >= 0.3 is 0 Å². The number of fused-ring (bicyclic) bond motifs is 1. The van der Waals surface area contributed by atoms with E-state index in [1.807, 2.05) is 6.07 Å². The Hall–Kier alpha value is -0.450. The van der Waals surface area contributed by atoms with Crippen LogP contribution in [-0.2, 0) is 6.54 Å². The van der Waals surface area contributed by atoms with E-state index < -0.39 is 0 Å². The largest absolute Gasteiger partial charge is 0.316 e. The Morgan fingerprint density at radius 1 is 1.29 bits per heavy atom. The third kappa shape index (κ3) is 2.39. The van der Waals surface area contributed by atoms with Gasteiger partial charge in [-0.1, -0.05) is 22.0 Å². The van der Waals surface area contributed by atoms with Crippen LogP contribution in [0.5, 0.6) is 0 Å². The molecule has 0 spiro atoms. The second kappa shape index (κ2) is 4.67. The maximum Gasteiger partial charge on any atom is 0.124 e. The zero-order chi connectivity index (χ0) is 11.8. The molecule has 0 unspecified atom stereocenters. The minimum Gasteiger partial charge on any atom is -0.316 e. The molecule has 2 nitrogen and oxygen atoms in total. The molecule has 2 heterocycles. The summed E-state index contributed by atoms with van der Waals surface area (Å²) in [6, 6.07) is 4.97. The second-order valence-corrected chi connectivity index (χ2v) is 5.96. The summed E-state index contributed by atoms with van der Waals surface area (Å²) in [6.45, 7) is 5.58. The minimum atomic E-state index is -0.178. The van der Waals surface area contributed by atoms with Crippen LogP contribution in [0.2, 0.25) is 0 Å². The Morgan fingerprint density at radius 2 is 2.00 bits per heavy atom. The first kappa shape index (κ1) is 11.6. The normalized spacial score (nSPS) is 28.6. The molecular formula is C13H16BrFN2. The summed E-state index contributed by atoms with van der Waals surface area (Å²) < 4.78 is 13.9. The van der Waals surface area contributed by atoms with Crippen molar-refractivity contribution in [2.45, 2.75) is 6.54 Å². The fraction of sp³-hybridized carbons (Fsp3) is 0.538. The number of nitrogens with one attached hydrogen (secondary N) is 1. The predicted molar refractivity (Wildman–Crippen MR) is 69.2 cm³/mol. The van der Waals surface area contributed by atoms with Gasteiger partial charge < -0.3 is 5.32 Å². The maximum absolute atomic E-state index is 13.0. The zero-order valence-electron chi connectivity index (χ0n) is 9.63. The van der Waals surface area contributed by atoms with Gasteiger partial charge in [-0.2, -0.15) is 0 Å². The lowest BCUT2D eigenvalue weighted by molar-refractivity contribution is 0.305. The molecule has 92 valence electrons. The fourth-order valence-corrected chi connectivity index (χ4v) is 3.45. The van der Waals surface area contributed by atoms with Gasteiger partial charge in [-0.25, -0.2) is 4.39 Å². The summed E-state index contributed by atoms with van der Waals surface area (Å²) in [6.07, 6.45) is 0. The number of benzene rings is 1. The first-order chi connectivity index (χ1) is 8.22. The summed E-state index contributed by atoms with van der Waals surface area (Å²) >= 11 is 3.44. The SMILES string of the molecule is Fc1ccc(CN2C[C@H]3CNC[C@H]3C2)c(Br)c1. The van der Waals surface area contributed by atoms with Gasteiger partial charge in [0.2, 0.25) is 0 Å². The van der Waals surface area contributed by atoms with Crippen LogP contribution in [0.4, 0.5) is 4.39 Å². The van der Waals surface area contributed by atoms with Gasteiger partial charge in [0, 0.05) is 24.1 Å². The van der Waals surface area contributed by atoms with Crippen LogP contribution in [0.1, 0.15) is 5.56 Å². The van der Waals surface area contributed by atoms with Gasteiger partial charge in [0.05, 0.1) is 0 Å². The molecule has 2 saturated heterocycles. The first-order valence-electron chi connectivity index (χ1n) is 6.09. The van der Waals surface area contributed by atoms with E-state index in [9.17, 15) is 4.39 Å². The van der Waals surface area contributed by atoms with Crippen molar-refractivity contribution >= 4 is 15.9 Å². The topological polar surface area (TPSA) is 15.3 Å². The third-order valence-corrected chi connectivity index (χ3v) is 4.61. The van der Waals surface area contributed by atoms with E-state index in [0.29, 0.717) is 0 Å². The van der Waals surface area contributed by atoms with E-state index in [-0.39, 0.29) is 5.82 Å². The van der Waals surface area contributed by atoms with Crippen LogP contribution in [0, 0.1) is 17.7 Å². The van der Waals surface area contributed by atoms with Crippen molar-refractivity contribution in [2.75, 3.05) is 26.2 Å². The van der Waals surface area contributed by atoms with Crippen molar-refractivity contribution in [3.63, 3.8) is 0 Å². The zero-order valence-corrected chi connectivity index (χ0v) is 11.2. The molecule has 2 aliphatic rings. The van der Waals surface area contributed by atoms with Gasteiger partial charge in [0.15, 0.2) is 0 Å². The Kier molecular flexibility index (Phi) is 3.19. The van der Waals surface area contributed by atoms with Crippen LogP contribution in [0.3, 0.4) is 0 Å². The number of rotatable bonds is 2. The van der Waals surface area contributed by atoms with Crippen LogP contribution in [0.15, 0.2) is 22.7 Å². The quantitative estimate of drug-likeness (QED) is 0.901. The molecule has 4 heteroatoms. The van der Waals surface area contributed by atoms with E-state index in [1.54, 1.807) is 12.1 Å². The van der Waals surface area contributed by atoms with E-state index in [0.717, 1.165) is 35.9 Å². The molecule has 0 aliphatic carbocycles. The predicted octanol–water partition coefficient (Wildman–Crippen LogP) is 2.24. The lowest BCUT2D eigenvalue weighted by atomic mass is 10.0. The van der Waals surface area contributed by atoms with E-state index in [4.69, 9.17) is 0 Å². The second-order valence-electron chi connectivity index (χ2n) is 5.11. The monoisotopic (exact) mass is 298 g/mol. The van der Waals surface area contributed by atoms with Crippen molar-refractivity contribution in [2.24, 2.45) is 11.8 Å². The van der Waals surface area contributed by atoms with Gasteiger partial charge in [0.25, 0.3) is 0 Å². The molecule has 0 bridgehead atoms. The van der Waals surface area contributed by atoms with E-state index >= 15 is 0 Å². The summed E-state index contributed by atoms with van der Waals surface area (Å²) in [5, 5.41) is 3.44. The molecule has 0 aromatic heterocycles. The average Bonchev–Trinajstić information content (AvgIpc) is 2.82. The standard InChI is InChI=1S/C13H16BrFN2/c14-13-3-12(15)2-1-9(13)6-17-7-10-4-16-5-11(10)8-17/h1-3,10-11,16H,4-8H2/t10-,11+. The van der Waals surface area contributed by atoms with Crippen molar-refractivity contribution in [3.05, 3.63) is 34.1 Å². The molecule has 0 amide bonds. The Morgan fingerprint density at radius 3 is 2.65 bits per heavy atom. The molecule has 1 aromatic carbocycles. The van der Waals surface area contributed by atoms with Gasteiger partial charge in [-0.3, -0.25) is 4.90 Å². The average molecular weight is 299 g/mol. The highest BCUT2D eigenvalue weighted by molar-refractivity contribution is 9.10. The highest BCUT2D eigenvalue weighted by Crippen LogP contribution is 2.29. The molecule has 0 saturated carbocycles. The Balaban J connectivity index is 1.67. The summed E-state index contributed by atoms with van der Waals surface area (Å²) in [7, 11) is 0. The summed E-state index contributed by atoms with van der Waals surface area (Å²) in [5.41, 5.74) is 1.18. The van der Waals surface area contributed by atoms with Crippen LogP contribution in [0.25, 0.3) is 0 Å². The lowest BCUT2D eigenvalue weighted by Crippen LogP contribution is -2.25. The third-order valence-electron chi connectivity index (χ3n) is 3.87. The molecule has 2 atom stereocenters. The number of hydrogen-bond donors (Lipinski definition) is 1. The van der Waals surface area contributed by atoms with Crippen molar-refractivity contribution in [3.8, 4) is 0 Å². The van der Waals surface area contributed by atoms with Crippen molar-refractivity contribution in [1.29, 1.82) is 0 Å². The van der Waals surface area contributed by atoms with Crippen LogP contribution in [-0.4, -0.2) is 31.1 Å². The van der Waals surface area contributed by atoms with Gasteiger partial charge in [-0.05, 0) is 42.6 Å². The number of hydrogen-bond acceptors (Lipinski definition) is 2. The molecule has 3 rings (SSSR count). The highest BCUT2D eigenvalue weighted by Gasteiger charge is 2.35. The maximum atomic E-state index is 13.0. The Labute approximate surface area is 109 Å². The van der Waals surface area contributed by atoms with Crippen molar-refractivity contribution < 1.29 is 4.39 Å². The number of halogens is 2. The fourth-order valence-electron chi connectivity index (χ4n) is 2.97. The van der Waals surface area contributed by atoms with Crippen molar-refractivity contribution in [1.82, 2.24) is 10.2 Å². The summed E-state index contributed by atoms with van der Waals surface area (Å²) in [5.74, 6) is 1.45.